The molecule has 0 bridgehead atoms. The van der Waals surface area contributed by atoms with E-state index >= 15 is 0 Å². The number of nitrogens with zero attached hydrogens (tertiary/aromatic N) is 12. The van der Waals surface area contributed by atoms with Crippen molar-refractivity contribution in [3.8, 4) is 0 Å². The van der Waals surface area contributed by atoms with Gasteiger partial charge in [-0.05, 0) is 84.1 Å². The number of hydrogen-bond donors (Lipinski definition) is 0. The molecule has 1 aliphatic carbocycles. The maximum Gasteiger partial charge on any atom is 0.221 e. The first-order valence-electron chi connectivity index (χ1n) is 20.0. The van der Waals surface area contributed by atoms with Crippen LogP contribution in [0.15, 0.2) is 42.4 Å². The summed E-state index contributed by atoms with van der Waals surface area (Å²) >= 11 is 0. The van der Waals surface area contributed by atoms with E-state index in [0.29, 0.717) is 5.92 Å². The van der Waals surface area contributed by atoms with Gasteiger partial charge in [0.15, 0.2) is 0 Å². The fourth-order valence-electron chi connectivity index (χ4n) is 9.78. The summed E-state index contributed by atoms with van der Waals surface area (Å²) in [6.45, 7) is 16.5. The highest BCUT2D eigenvalue weighted by molar-refractivity contribution is 7.83. The molecule has 7 saturated heterocycles. The van der Waals surface area contributed by atoms with Crippen LogP contribution >= 0.6 is 30.0 Å². The Morgan fingerprint density at radius 2 is 0.694 bits per heavy atom. The highest BCUT2D eigenvalue weighted by Gasteiger charge is 2.54. The first kappa shape index (κ1) is 34.8. The highest BCUT2D eigenvalue weighted by atomic mass is 31.3. The lowest BCUT2D eigenvalue weighted by Gasteiger charge is -2.49. The first-order chi connectivity index (χ1) is 24.1. The summed E-state index contributed by atoms with van der Waals surface area (Å²) in [5, 5.41) is 0. The van der Waals surface area contributed by atoms with E-state index in [1.807, 2.05) is 0 Å². The van der Waals surface area contributed by atoms with E-state index in [-0.39, 0.29) is 0 Å². The molecule has 0 aromatic heterocycles. The molecule has 12 nitrogen and oxygen atoms in total. The second kappa shape index (κ2) is 14.4. The number of allylic oxidation sites excluding steroid dienone is 2. The predicted molar refractivity (Wildman–Crippen MR) is 208 cm³/mol. The molecule has 0 radical (unpaired) electrons. The monoisotopic (exact) mass is 750 g/mol. The lowest BCUT2D eigenvalue weighted by Crippen LogP contribution is -2.34. The summed E-state index contributed by atoms with van der Waals surface area (Å²) in [6.07, 6.45) is 24.4. The molecule has 7 fully saturated rings. The fourth-order valence-corrected chi connectivity index (χ4v) is 31.8. The molecule has 9 rings (SSSR count). The van der Waals surface area contributed by atoms with Crippen LogP contribution in [0.4, 0.5) is 0 Å². The highest BCUT2D eigenvalue weighted by Crippen LogP contribution is 2.85. The maximum atomic E-state index is 6.74. The van der Waals surface area contributed by atoms with E-state index in [2.05, 4.69) is 68.7 Å². The summed E-state index contributed by atoms with van der Waals surface area (Å²) in [7, 11) is -7.75. The van der Waals surface area contributed by atoms with Gasteiger partial charge in [-0.2, -0.15) is 18.1 Å². The van der Waals surface area contributed by atoms with E-state index in [4.69, 9.17) is 18.1 Å². The molecule has 49 heavy (non-hydrogen) atoms. The smallest absolute Gasteiger partial charge is 0.221 e. The SMILES string of the molecule is CN1CCN(CC2C=CC=C2)P12=NP(N1CCCC1)(N1CCCC1)=NP(N1CCCC1)(N1CCCC1)=NP(N1CCCC1)(N1CCCC1)=N2. The molecule has 1 spiro atoms. The Morgan fingerprint density at radius 1 is 0.408 bits per heavy atom. The molecule has 1 unspecified atom stereocenters. The van der Waals surface area contributed by atoms with Crippen molar-refractivity contribution in [2.45, 2.75) is 77.0 Å². The maximum absolute atomic E-state index is 6.74. The van der Waals surface area contributed by atoms with Gasteiger partial charge in [0.1, 0.15) is 0 Å². The van der Waals surface area contributed by atoms with Crippen LogP contribution in [0.2, 0.25) is 0 Å². The zero-order chi connectivity index (χ0) is 32.9. The molecule has 0 N–H and O–H groups in total. The van der Waals surface area contributed by atoms with Crippen LogP contribution in [0, 0.1) is 5.92 Å². The van der Waals surface area contributed by atoms with Crippen LogP contribution in [0.3, 0.4) is 0 Å². The summed E-state index contributed by atoms with van der Waals surface area (Å²) in [5.74, 6) is 0.423. The molecule has 1 atom stereocenters. The van der Waals surface area contributed by atoms with Crippen molar-refractivity contribution in [3.63, 3.8) is 0 Å². The molecule has 0 aromatic rings. The van der Waals surface area contributed by atoms with E-state index in [9.17, 15) is 0 Å². The summed E-state index contributed by atoms with van der Waals surface area (Å²) in [5.41, 5.74) is 0. The zero-order valence-electron chi connectivity index (χ0n) is 30.1. The van der Waals surface area contributed by atoms with Gasteiger partial charge in [0.05, 0.1) is 0 Å². The Bertz CT molecular complexity index is 1400. The summed E-state index contributed by atoms with van der Waals surface area (Å²) in [4.78, 5) is 0. The molecule has 0 amide bonds. The number of hydrogen-bond acceptors (Lipinski definition) is 12. The van der Waals surface area contributed by atoms with Crippen LogP contribution < -0.4 is 0 Å². The first-order valence-corrected chi connectivity index (χ1v) is 26.4. The topological polar surface area (TPSA) is 75.4 Å². The number of rotatable bonds is 8. The summed E-state index contributed by atoms with van der Waals surface area (Å²) < 4.78 is 49.4. The van der Waals surface area contributed by atoms with Gasteiger partial charge in [-0.3, -0.25) is 0 Å². The third-order valence-electron chi connectivity index (χ3n) is 12.5. The second-order valence-corrected chi connectivity index (χ2v) is 27.5. The van der Waals surface area contributed by atoms with Crippen LogP contribution in [-0.2, 0) is 0 Å². The molecule has 8 aliphatic heterocycles. The van der Waals surface area contributed by atoms with Crippen molar-refractivity contribution in [3.05, 3.63) is 24.3 Å². The standard InChI is InChI=1S/C33H62N12P4/c1-38-30-31-45(32-33-16-2-3-17-33)46(38)34-47(39-18-4-5-19-39,40-20-6-7-21-40)36-49(43-26-12-13-27-43,44-28-14-15-29-44)37-48(35-46,41-22-8-9-23-41)42-24-10-11-25-42/h2-3,16-17,33H,4-15,18-32H2,1H3. The van der Waals surface area contributed by atoms with Crippen molar-refractivity contribution in [2.75, 3.05) is 105 Å². The minimum atomic E-state index is -2.56. The Balaban J connectivity index is 1.41. The Morgan fingerprint density at radius 3 is 1.02 bits per heavy atom. The molecule has 0 aromatic carbocycles. The van der Waals surface area contributed by atoms with Crippen LogP contribution in [-0.4, -0.2) is 143 Å². The van der Waals surface area contributed by atoms with Gasteiger partial charge >= 0.3 is 0 Å². The largest absolute Gasteiger partial charge is 0.241 e. The van der Waals surface area contributed by atoms with Crippen LogP contribution in [0.1, 0.15) is 77.0 Å². The zero-order valence-corrected chi connectivity index (χ0v) is 33.7. The molecule has 8 heterocycles. The summed E-state index contributed by atoms with van der Waals surface area (Å²) in [6, 6.07) is 0. The average molecular weight is 751 g/mol. The molecule has 16 heteroatoms. The minimum Gasteiger partial charge on any atom is -0.241 e. The van der Waals surface area contributed by atoms with Crippen molar-refractivity contribution in [1.82, 2.24) is 37.4 Å². The normalized spacial score (nSPS) is 35.4. The van der Waals surface area contributed by atoms with E-state index in [0.717, 1.165) is 98.2 Å². The molecule has 0 saturated carbocycles. The minimum absolute atomic E-state index is 0.423. The third-order valence-corrected chi connectivity index (χ3v) is 29.4. The third kappa shape index (κ3) is 6.03. The van der Waals surface area contributed by atoms with Crippen molar-refractivity contribution >= 4 is 30.0 Å². The van der Waals surface area contributed by atoms with Crippen molar-refractivity contribution < 1.29 is 0 Å². The van der Waals surface area contributed by atoms with Gasteiger partial charge in [-0.1, -0.05) is 24.3 Å². The van der Waals surface area contributed by atoms with E-state index < -0.39 is 30.0 Å². The van der Waals surface area contributed by atoms with Gasteiger partial charge in [-0.25, -0.2) is 37.4 Å². The van der Waals surface area contributed by atoms with Gasteiger partial charge in [0, 0.05) is 104 Å². The molecular weight excluding hydrogens is 688 g/mol. The molecule has 9 aliphatic rings. The van der Waals surface area contributed by atoms with E-state index in [1.165, 1.54) is 77.0 Å². The number of likely N-dealkylation sites (N-methyl/N-ethyl adjacent to an activating group) is 1. The Hall–Kier alpha value is 0.0800. The molecular formula is C33H62N12P4. The average Bonchev–Trinajstić information content (AvgIpc) is 3.98. The van der Waals surface area contributed by atoms with Crippen molar-refractivity contribution in [2.24, 2.45) is 24.0 Å². The fraction of sp³-hybridized carbons (Fsp3) is 0.879. The van der Waals surface area contributed by atoms with Gasteiger partial charge < -0.3 is 0 Å². The van der Waals surface area contributed by atoms with Crippen molar-refractivity contribution in [1.29, 1.82) is 0 Å². The predicted octanol–water partition coefficient (Wildman–Crippen LogP) is 8.35. The quantitative estimate of drug-likeness (QED) is 0.230. The van der Waals surface area contributed by atoms with Gasteiger partial charge in [-0.15, -0.1) is 0 Å². The lowest BCUT2D eigenvalue weighted by molar-refractivity contribution is 0.442. The van der Waals surface area contributed by atoms with Crippen LogP contribution in [0.5, 0.6) is 0 Å². The van der Waals surface area contributed by atoms with Crippen LogP contribution in [0.25, 0.3) is 0 Å². The lowest BCUT2D eigenvalue weighted by atomic mass is 10.2. The van der Waals surface area contributed by atoms with Gasteiger partial charge in [0.25, 0.3) is 0 Å². The molecule has 274 valence electrons. The Labute approximate surface area is 297 Å². The van der Waals surface area contributed by atoms with Gasteiger partial charge in [0.2, 0.25) is 30.0 Å². The van der Waals surface area contributed by atoms with E-state index in [1.54, 1.807) is 0 Å². The second-order valence-electron chi connectivity index (χ2n) is 15.7. The Kier molecular flexibility index (Phi) is 10.2.